The average molecular weight is 404 g/mol. The van der Waals surface area contributed by atoms with Gasteiger partial charge in [0, 0.05) is 23.3 Å². The maximum atomic E-state index is 9.47. The number of nitrogens with zero attached hydrogens (tertiary/aromatic N) is 5. The first-order valence-electron chi connectivity index (χ1n) is 8.84. The smallest absolute Gasteiger partial charge is 0.346 e. The van der Waals surface area contributed by atoms with Gasteiger partial charge in [-0.05, 0) is 24.8 Å². The van der Waals surface area contributed by atoms with E-state index in [-0.39, 0.29) is 5.92 Å². The van der Waals surface area contributed by atoms with Crippen molar-refractivity contribution in [3.05, 3.63) is 31.0 Å². The van der Waals surface area contributed by atoms with Crippen molar-refractivity contribution < 1.29 is 19.2 Å². The number of nitrogens with one attached hydrogen (secondary N) is 1. The monoisotopic (exact) mass is 404 g/mol. The lowest BCUT2D eigenvalue weighted by molar-refractivity contribution is 0.275. The zero-order valence-corrected chi connectivity index (χ0v) is 15.9. The largest absolute Gasteiger partial charge is 0.466 e. The van der Waals surface area contributed by atoms with E-state index in [1.807, 2.05) is 29.3 Å². The van der Waals surface area contributed by atoms with Crippen molar-refractivity contribution in [3.63, 3.8) is 0 Å². The summed E-state index contributed by atoms with van der Waals surface area (Å²) >= 11 is 0. The van der Waals surface area contributed by atoms with E-state index in [0.29, 0.717) is 12.5 Å². The lowest BCUT2D eigenvalue weighted by atomic mass is 9.92. The molecule has 148 valence electrons. The van der Waals surface area contributed by atoms with Gasteiger partial charge in [-0.1, -0.05) is 12.8 Å². The van der Waals surface area contributed by atoms with Crippen LogP contribution in [0.5, 0.6) is 0 Å². The number of nitriles is 1. The van der Waals surface area contributed by atoms with Crippen LogP contribution in [-0.4, -0.2) is 39.4 Å². The Labute approximate surface area is 161 Å². The van der Waals surface area contributed by atoms with Crippen LogP contribution in [-0.2, 0) is 11.1 Å². The number of phosphoric acid groups is 1. The van der Waals surface area contributed by atoms with Crippen LogP contribution in [0.2, 0.25) is 0 Å². The number of hydrogen-bond donors (Lipinski definition) is 4. The topological polar surface area (TPSA) is 161 Å². The second-order valence-corrected chi connectivity index (χ2v) is 7.73. The molecule has 0 saturated heterocycles. The highest BCUT2D eigenvalue weighted by Gasteiger charge is 2.25. The molecule has 3 heterocycles. The summed E-state index contributed by atoms with van der Waals surface area (Å²) in [5, 5.41) is 14.9. The number of aromatic amines is 1. The van der Waals surface area contributed by atoms with Crippen LogP contribution in [0.3, 0.4) is 0 Å². The molecule has 0 aliphatic heterocycles. The molecule has 1 saturated carbocycles. The Morgan fingerprint density at radius 1 is 1.32 bits per heavy atom. The van der Waals surface area contributed by atoms with Crippen LogP contribution in [0.25, 0.3) is 22.3 Å². The number of H-pyrrole nitrogens is 1. The van der Waals surface area contributed by atoms with Gasteiger partial charge >= 0.3 is 7.82 Å². The van der Waals surface area contributed by atoms with Crippen molar-refractivity contribution in [1.29, 1.82) is 5.26 Å². The molecule has 1 aliphatic rings. The highest BCUT2D eigenvalue weighted by Crippen LogP contribution is 2.32. The minimum absolute atomic E-state index is 0.0444. The van der Waals surface area contributed by atoms with Gasteiger partial charge in [0.1, 0.15) is 12.0 Å². The lowest BCUT2D eigenvalue weighted by Gasteiger charge is -2.15. The van der Waals surface area contributed by atoms with Gasteiger partial charge < -0.3 is 19.7 Å². The van der Waals surface area contributed by atoms with E-state index in [0.717, 1.165) is 22.3 Å². The van der Waals surface area contributed by atoms with Crippen molar-refractivity contribution >= 4 is 18.9 Å². The Morgan fingerprint density at radius 3 is 2.71 bits per heavy atom. The molecule has 0 unspecified atom stereocenters. The summed E-state index contributed by atoms with van der Waals surface area (Å²) in [4.78, 5) is 33.3. The first kappa shape index (κ1) is 20.2. The molecular formula is C17H21N6O4P. The highest BCUT2D eigenvalue weighted by atomic mass is 31.2. The van der Waals surface area contributed by atoms with E-state index in [2.05, 4.69) is 26.1 Å². The maximum Gasteiger partial charge on any atom is 0.466 e. The molecule has 10 nitrogen and oxygen atoms in total. The lowest BCUT2D eigenvalue weighted by Crippen LogP contribution is -2.17. The minimum atomic E-state index is -4.64. The Hall–Kier alpha value is -2.57. The molecule has 1 aliphatic carbocycles. The normalized spacial score (nSPS) is 15.8. The predicted molar refractivity (Wildman–Crippen MR) is 100 cm³/mol. The summed E-state index contributed by atoms with van der Waals surface area (Å²) in [5.41, 5.74) is 2.65. The second kappa shape index (κ2) is 8.63. The summed E-state index contributed by atoms with van der Waals surface area (Å²) < 4.78 is 10.8. The van der Waals surface area contributed by atoms with Crippen LogP contribution in [0, 0.1) is 23.2 Å². The van der Waals surface area contributed by atoms with Crippen LogP contribution in [0.15, 0.2) is 31.0 Å². The van der Waals surface area contributed by atoms with Crippen molar-refractivity contribution in [2.24, 2.45) is 11.8 Å². The van der Waals surface area contributed by atoms with Crippen LogP contribution in [0.1, 0.15) is 25.7 Å². The fourth-order valence-electron chi connectivity index (χ4n) is 3.54. The second-order valence-electron chi connectivity index (χ2n) is 6.71. The van der Waals surface area contributed by atoms with Gasteiger partial charge in [0.25, 0.3) is 0 Å². The molecule has 1 atom stereocenters. The fourth-order valence-corrected chi connectivity index (χ4v) is 3.54. The van der Waals surface area contributed by atoms with Gasteiger partial charge in [0.05, 0.1) is 30.4 Å². The van der Waals surface area contributed by atoms with Gasteiger partial charge in [0.2, 0.25) is 0 Å². The molecule has 0 bridgehead atoms. The zero-order valence-electron chi connectivity index (χ0n) is 15.0. The molecule has 1 fully saturated rings. The quantitative estimate of drug-likeness (QED) is 0.481. The van der Waals surface area contributed by atoms with E-state index in [1.54, 1.807) is 6.33 Å². The molecule has 11 heteroatoms. The maximum absolute atomic E-state index is 9.47. The molecule has 4 N–H and O–H groups in total. The van der Waals surface area contributed by atoms with E-state index in [9.17, 15) is 5.26 Å². The van der Waals surface area contributed by atoms with Crippen LogP contribution < -0.4 is 0 Å². The molecule has 0 spiro atoms. The van der Waals surface area contributed by atoms with E-state index in [1.165, 1.54) is 25.7 Å². The third kappa shape index (κ3) is 5.24. The standard InChI is InChI=1S/C17H18N6.H3O4P/c18-7-13(12-3-1-2-4-12)9-23-10-14(8-22-23)16-15-5-6-19-17(15)21-11-20-16;1-5(2,3)4/h5-6,8,10-13H,1-4,9H2,(H,19,20,21);(H3,1,2,3,4)/t13-;/m0./s1. The van der Waals surface area contributed by atoms with Crippen LogP contribution >= 0.6 is 7.82 Å². The summed E-state index contributed by atoms with van der Waals surface area (Å²) in [6.45, 7) is 0.655. The van der Waals surface area contributed by atoms with Crippen molar-refractivity contribution in [1.82, 2.24) is 24.7 Å². The average Bonchev–Trinajstić information content (AvgIpc) is 3.38. The summed E-state index contributed by atoms with van der Waals surface area (Å²) in [5.74, 6) is 0.561. The molecule has 0 aromatic carbocycles. The van der Waals surface area contributed by atoms with E-state index < -0.39 is 7.82 Å². The Kier molecular flexibility index (Phi) is 6.21. The molecular weight excluding hydrogens is 383 g/mol. The molecule has 3 aromatic heterocycles. The molecule has 0 radical (unpaired) electrons. The minimum Gasteiger partial charge on any atom is -0.346 e. The first-order chi connectivity index (χ1) is 13.3. The molecule has 0 amide bonds. The number of hydrogen-bond acceptors (Lipinski definition) is 5. The number of aromatic nitrogens is 5. The van der Waals surface area contributed by atoms with E-state index in [4.69, 9.17) is 19.2 Å². The SMILES string of the molecule is N#C[C@@H](Cn1cc(-c2ncnc3[nH]ccc23)cn1)C1CCCC1.O=P(O)(O)O. The van der Waals surface area contributed by atoms with Crippen LogP contribution in [0.4, 0.5) is 0 Å². The highest BCUT2D eigenvalue weighted by molar-refractivity contribution is 7.45. The van der Waals surface area contributed by atoms with Crippen molar-refractivity contribution in [3.8, 4) is 17.3 Å². The van der Waals surface area contributed by atoms with Gasteiger partial charge in [-0.25, -0.2) is 14.5 Å². The third-order valence-electron chi connectivity index (χ3n) is 4.78. The molecule has 3 aromatic rings. The summed E-state index contributed by atoms with van der Waals surface area (Å²) in [7, 11) is -4.64. The summed E-state index contributed by atoms with van der Waals surface area (Å²) in [6.07, 6.45) is 12.1. The third-order valence-corrected chi connectivity index (χ3v) is 4.78. The Bertz CT molecular complexity index is 1010. The van der Waals surface area contributed by atoms with Gasteiger partial charge in [-0.2, -0.15) is 10.4 Å². The zero-order chi connectivity index (χ0) is 20.1. The fraction of sp³-hybridized carbons (Fsp3) is 0.412. The van der Waals surface area contributed by atoms with E-state index >= 15 is 0 Å². The molecule has 28 heavy (non-hydrogen) atoms. The van der Waals surface area contributed by atoms with Gasteiger partial charge in [-0.15, -0.1) is 0 Å². The number of rotatable bonds is 4. The Morgan fingerprint density at radius 2 is 2.04 bits per heavy atom. The van der Waals surface area contributed by atoms with Crippen molar-refractivity contribution in [2.75, 3.05) is 0 Å². The number of fused-ring (bicyclic) bond motifs is 1. The first-order valence-corrected chi connectivity index (χ1v) is 10.4. The van der Waals surface area contributed by atoms with Crippen molar-refractivity contribution in [2.45, 2.75) is 32.2 Å². The van der Waals surface area contributed by atoms with Gasteiger partial charge in [-0.3, -0.25) is 4.68 Å². The van der Waals surface area contributed by atoms with Gasteiger partial charge in [0.15, 0.2) is 0 Å². The molecule has 4 rings (SSSR count). The predicted octanol–water partition coefficient (Wildman–Crippen LogP) is 2.22. The summed E-state index contributed by atoms with van der Waals surface area (Å²) in [6, 6.07) is 4.45. The Balaban J connectivity index is 0.000000403.